The molecule has 1 aliphatic rings. The minimum absolute atomic E-state index is 0.0506. The van der Waals surface area contributed by atoms with Gasteiger partial charge >= 0.3 is 24.3 Å². The molecule has 2 atom stereocenters. The van der Waals surface area contributed by atoms with Crippen molar-refractivity contribution in [3.8, 4) is 6.07 Å². The summed E-state index contributed by atoms with van der Waals surface area (Å²) in [5.41, 5.74) is -4.86. The van der Waals surface area contributed by atoms with E-state index in [1.165, 1.54) is 38.1 Å². The number of nitrogens with zero attached hydrogens (tertiary/aromatic N) is 2. The van der Waals surface area contributed by atoms with Crippen LogP contribution in [0.4, 0.5) is 32.0 Å². The van der Waals surface area contributed by atoms with E-state index in [0.717, 1.165) is 12.1 Å². The van der Waals surface area contributed by atoms with Crippen molar-refractivity contribution in [2.45, 2.75) is 32.1 Å². The summed E-state index contributed by atoms with van der Waals surface area (Å²) < 4.78 is 94.5. The molecule has 0 spiro atoms. The van der Waals surface area contributed by atoms with E-state index in [2.05, 4.69) is 0 Å². The first kappa shape index (κ1) is 29.2. The molecule has 0 radical (unpaired) electrons. The van der Waals surface area contributed by atoms with Gasteiger partial charge in [-0.25, -0.2) is 4.79 Å². The number of benzene rings is 2. The fourth-order valence-electron chi connectivity index (χ4n) is 4.26. The highest BCUT2D eigenvalue weighted by Crippen LogP contribution is 2.48. The van der Waals surface area contributed by atoms with Gasteiger partial charge in [0.05, 0.1) is 36.0 Å². The molecule has 0 bridgehead atoms. The summed E-state index contributed by atoms with van der Waals surface area (Å²) in [6.07, 6.45) is -10.3. The van der Waals surface area contributed by atoms with Crippen molar-refractivity contribution in [1.82, 2.24) is 0 Å². The summed E-state index contributed by atoms with van der Waals surface area (Å²) in [7, 11) is 0. The third-order valence-electron chi connectivity index (χ3n) is 5.79. The second kappa shape index (κ2) is 11.2. The first-order chi connectivity index (χ1) is 18.3. The molecule has 1 heterocycles. The van der Waals surface area contributed by atoms with Crippen LogP contribution >= 0.6 is 0 Å². The fourth-order valence-corrected chi connectivity index (χ4v) is 4.26. The largest absolute Gasteiger partial charge is 0.465 e. The van der Waals surface area contributed by atoms with Crippen molar-refractivity contribution in [3.05, 3.63) is 76.5 Å². The second-order valence-electron chi connectivity index (χ2n) is 8.19. The van der Waals surface area contributed by atoms with Gasteiger partial charge in [0.1, 0.15) is 17.5 Å². The summed E-state index contributed by atoms with van der Waals surface area (Å²) in [6.45, 7) is 2.14. The Balaban J connectivity index is 2.46. The molecular weight excluding hydrogens is 532 g/mol. The van der Waals surface area contributed by atoms with Crippen LogP contribution in [0.5, 0.6) is 0 Å². The highest BCUT2D eigenvalue weighted by Gasteiger charge is 2.55. The van der Waals surface area contributed by atoms with Crippen LogP contribution in [0, 0.1) is 22.7 Å². The lowest BCUT2D eigenvalue weighted by atomic mass is 9.75. The number of alkyl halides is 6. The van der Waals surface area contributed by atoms with Crippen LogP contribution in [0.3, 0.4) is 0 Å². The Bertz CT molecular complexity index is 1340. The molecule has 2 aromatic rings. The van der Waals surface area contributed by atoms with Gasteiger partial charge in [0.15, 0.2) is 0 Å². The molecule has 2 unspecified atom stereocenters. The van der Waals surface area contributed by atoms with E-state index >= 15 is 0 Å². The summed E-state index contributed by atoms with van der Waals surface area (Å²) in [6, 6.07) is 9.51. The fraction of sp³-hybridized carbons (Fsp3) is 0.308. The SMILES string of the molecule is CCOC(=O)C1=C(C(F)(F)F)N(c2cccc(C(F)(F)F)c2)C(=N)C(C(=O)OCC)C1c1ccc(C#N)cc1. The number of esters is 2. The summed E-state index contributed by atoms with van der Waals surface area (Å²) in [5.74, 6) is -7.41. The van der Waals surface area contributed by atoms with Crippen molar-refractivity contribution >= 4 is 23.5 Å². The number of rotatable bonds is 6. The Morgan fingerprint density at radius 2 is 1.59 bits per heavy atom. The van der Waals surface area contributed by atoms with Gasteiger partial charge in [-0.05, 0) is 49.7 Å². The number of halogens is 6. The number of allylic oxidation sites excluding steroid dienone is 1. The van der Waals surface area contributed by atoms with Crippen LogP contribution in [-0.2, 0) is 25.2 Å². The quantitative estimate of drug-likeness (QED) is 0.363. The van der Waals surface area contributed by atoms with Crippen LogP contribution in [0.1, 0.15) is 36.5 Å². The van der Waals surface area contributed by atoms with Gasteiger partial charge in [-0.1, -0.05) is 18.2 Å². The molecule has 3 rings (SSSR count). The molecule has 0 amide bonds. The molecule has 2 aromatic carbocycles. The van der Waals surface area contributed by atoms with Crippen molar-refractivity contribution in [2.24, 2.45) is 5.92 Å². The Kier molecular flexibility index (Phi) is 8.38. The molecule has 0 saturated carbocycles. The van der Waals surface area contributed by atoms with E-state index in [0.29, 0.717) is 12.1 Å². The molecule has 0 aromatic heterocycles. The molecule has 1 aliphatic heterocycles. The number of nitrogens with one attached hydrogen (secondary N) is 1. The molecule has 0 fully saturated rings. The lowest BCUT2D eigenvalue weighted by Gasteiger charge is -2.41. The molecular formula is C26H21F6N3O4. The zero-order chi connectivity index (χ0) is 29.1. The Morgan fingerprint density at radius 3 is 2.10 bits per heavy atom. The monoisotopic (exact) mass is 553 g/mol. The Hall–Kier alpha value is -4.34. The number of carbonyl (C=O) groups excluding carboxylic acids is 2. The molecule has 0 aliphatic carbocycles. The van der Waals surface area contributed by atoms with Gasteiger partial charge in [0.2, 0.25) is 0 Å². The first-order valence-electron chi connectivity index (χ1n) is 11.5. The number of hydrogen-bond acceptors (Lipinski definition) is 6. The Labute approximate surface area is 218 Å². The van der Waals surface area contributed by atoms with Crippen molar-refractivity contribution in [1.29, 1.82) is 10.7 Å². The van der Waals surface area contributed by atoms with E-state index in [-0.39, 0.29) is 29.2 Å². The summed E-state index contributed by atoms with van der Waals surface area (Å²) >= 11 is 0. The van der Waals surface area contributed by atoms with Crippen LogP contribution in [0.25, 0.3) is 0 Å². The Morgan fingerprint density at radius 1 is 0.974 bits per heavy atom. The predicted octanol–water partition coefficient (Wildman–Crippen LogP) is 5.72. The maximum Gasteiger partial charge on any atom is 0.432 e. The van der Waals surface area contributed by atoms with Gasteiger partial charge in [-0.3, -0.25) is 15.1 Å². The molecule has 206 valence electrons. The van der Waals surface area contributed by atoms with Crippen LogP contribution in [0.15, 0.2) is 59.8 Å². The highest BCUT2D eigenvalue weighted by atomic mass is 19.4. The summed E-state index contributed by atoms with van der Waals surface area (Å²) in [4.78, 5) is 26.4. The molecule has 13 heteroatoms. The topological polar surface area (TPSA) is 103 Å². The molecule has 0 saturated heterocycles. The average molecular weight is 553 g/mol. The van der Waals surface area contributed by atoms with Crippen LogP contribution in [0.2, 0.25) is 0 Å². The number of hydrogen-bond donors (Lipinski definition) is 1. The van der Waals surface area contributed by atoms with E-state index in [4.69, 9.17) is 20.1 Å². The maximum atomic E-state index is 14.7. The third-order valence-corrected chi connectivity index (χ3v) is 5.79. The highest BCUT2D eigenvalue weighted by molar-refractivity contribution is 6.15. The van der Waals surface area contributed by atoms with Gasteiger partial charge in [-0.15, -0.1) is 0 Å². The maximum absolute atomic E-state index is 14.7. The van der Waals surface area contributed by atoms with E-state index < -0.39 is 64.5 Å². The first-order valence-corrected chi connectivity index (χ1v) is 11.5. The van der Waals surface area contributed by atoms with Crippen molar-refractivity contribution < 1.29 is 45.4 Å². The number of nitriles is 1. The normalized spacial score (nSPS) is 18.0. The lowest BCUT2D eigenvalue weighted by Crippen LogP contribution is -2.52. The van der Waals surface area contributed by atoms with Crippen LogP contribution in [-0.4, -0.2) is 37.2 Å². The number of amidine groups is 1. The zero-order valence-electron chi connectivity index (χ0n) is 20.5. The minimum atomic E-state index is -5.40. The smallest absolute Gasteiger partial charge is 0.432 e. The van der Waals surface area contributed by atoms with E-state index in [1.54, 1.807) is 0 Å². The molecule has 1 N–H and O–H groups in total. The predicted molar refractivity (Wildman–Crippen MR) is 125 cm³/mol. The standard InChI is InChI=1S/C26H21F6N3O4/c1-3-38-23(36)19-18(15-10-8-14(13-33)9-11-15)20(24(37)39-4-2)22(34)35(21(19)26(30,31)32)17-7-5-6-16(12-17)25(27,28)29/h5-12,18,20,34H,3-4H2,1-2H3. The third kappa shape index (κ3) is 5.89. The number of carbonyl (C=O) groups is 2. The van der Waals surface area contributed by atoms with Crippen molar-refractivity contribution in [2.75, 3.05) is 18.1 Å². The number of ether oxygens (including phenoxy) is 2. The second-order valence-corrected chi connectivity index (χ2v) is 8.19. The zero-order valence-corrected chi connectivity index (χ0v) is 20.5. The molecule has 39 heavy (non-hydrogen) atoms. The molecule has 7 nitrogen and oxygen atoms in total. The summed E-state index contributed by atoms with van der Waals surface area (Å²) in [5, 5.41) is 17.8. The lowest BCUT2D eigenvalue weighted by molar-refractivity contribution is -0.147. The average Bonchev–Trinajstić information content (AvgIpc) is 2.87. The minimum Gasteiger partial charge on any atom is -0.465 e. The van der Waals surface area contributed by atoms with E-state index in [9.17, 15) is 35.9 Å². The van der Waals surface area contributed by atoms with Gasteiger partial charge < -0.3 is 9.47 Å². The van der Waals surface area contributed by atoms with Gasteiger partial charge in [0.25, 0.3) is 0 Å². The van der Waals surface area contributed by atoms with Gasteiger partial charge in [-0.2, -0.15) is 31.6 Å². The van der Waals surface area contributed by atoms with Crippen molar-refractivity contribution in [3.63, 3.8) is 0 Å². The van der Waals surface area contributed by atoms with E-state index in [1.807, 2.05) is 6.07 Å². The number of anilines is 1. The van der Waals surface area contributed by atoms with Gasteiger partial charge in [0, 0.05) is 11.6 Å². The van der Waals surface area contributed by atoms with Crippen LogP contribution < -0.4 is 4.90 Å².